The lowest BCUT2D eigenvalue weighted by Crippen LogP contribution is -2.45. The Morgan fingerprint density at radius 1 is 1.21 bits per heavy atom. The Kier molecular flexibility index (Phi) is 4.74. The van der Waals surface area contributed by atoms with Crippen LogP contribution >= 0.6 is 0 Å². The molecule has 112 valence electrons. The molecule has 1 saturated heterocycles. The fourth-order valence-electron chi connectivity index (χ4n) is 2.57. The average molecular weight is 280 g/mol. The highest BCUT2D eigenvalue weighted by atomic mass is 19.4. The minimum absolute atomic E-state index is 0.105. The molecule has 2 fully saturated rings. The van der Waals surface area contributed by atoms with Gasteiger partial charge >= 0.3 is 6.18 Å². The van der Waals surface area contributed by atoms with Crippen LogP contribution in [0.25, 0.3) is 0 Å². The molecule has 1 aliphatic carbocycles. The molecule has 0 aromatic rings. The van der Waals surface area contributed by atoms with Crippen LogP contribution in [0.15, 0.2) is 0 Å². The standard InChI is InChI=1S/C13H23F3N2O/c14-13(15,16)5-8-18-6-1-11(2-7-18)17-9-12(10-19)3-4-12/h11,17,19H,1-10H2. The lowest BCUT2D eigenvalue weighted by atomic mass is 10.0. The van der Waals surface area contributed by atoms with Crippen molar-refractivity contribution >= 4 is 0 Å². The number of nitrogens with one attached hydrogen (secondary N) is 1. The van der Waals surface area contributed by atoms with Crippen molar-refractivity contribution in [1.82, 2.24) is 10.2 Å². The molecule has 2 aliphatic rings. The highest BCUT2D eigenvalue weighted by Crippen LogP contribution is 2.44. The van der Waals surface area contributed by atoms with Gasteiger partial charge in [-0.3, -0.25) is 0 Å². The van der Waals surface area contributed by atoms with Gasteiger partial charge in [-0.1, -0.05) is 0 Å². The molecule has 0 radical (unpaired) electrons. The van der Waals surface area contributed by atoms with Crippen LogP contribution in [0.1, 0.15) is 32.1 Å². The molecule has 2 rings (SSSR count). The van der Waals surface area contributed by atoms with Gasteiger partial charge < -0.3 is 15.3 Å². The van der Waals surface area contributed by atoms with E-state index in [1.165, 1.54) is 0 Å². The third kappa shape index (κ3) is 4.93. The summed E-state index contributed by atoms with van der Waals surface area (Å²) in [6, 6.07) is 0.395. The highest BCUT2D eigenvalue weighted by molar-refractivity contribution is 4.95. The van der Waals surface area contributed by atoms with Crippen molar-refractivity contribution in [3.05, 3.63) is 0 Å². The van der Waals surface area contributed by atoms with E-state index < -0.39 is 12.6 Å². The number of hydrogen-bond acceptors (Lipinski definition) is 3. The summed E-state index contributed by atoms with van der Waals surface area (Å²) >= 11 is 0. The molecule has 0 aromatic heterocycles. The molecule has 0 atom stereocenters. The van der Waals surface area contributed by atoms with Crippen LogP contribution in [0.3, 0.4) is 0 Å². The smallest absolute Gasteiger partial charge is 0.390 e. The molecule has 0 aromatic carbocycles. The Labute approximate surface area is 112 Å². The Bertz CT molecular complexity index is 284. The summed E-state index contributed by atoms with van der Waals surface area (Å²) in [5.41, 5.74) is 0.105. The molecule has 6 heteroatoms. The molecule has 19 heavy (non-hydrogen) atoms. The normalized spacial score (nSPS) is 24.6. The Morgan fingerprint density at radius 3 is 2.32 bits per heavy atom. The summed E-state index contributed by atoms with van der Waals surface area (Å²) in [5, 5.41) is 12.7. The number of alkyl halides is 3. The molecular formula is C13H23F3N2O. The predicted octanol–water partition coefficient (Wildman–Crippen LogP) is 1.77. The summed E-state index contributed by atoms with van der Waals surface area (Å²) in [4.78, 5) is 1.89. The van der Waals surface area contributed by atoms with E-state index in [1.807, 2.05) is 4.90 Å². The maximum Gasteiger partial charge on any atom is 0.390 e. The Balaban J connectivity index is 1.60. The van der Waals surface area contributed by atoms with Crippen LogP contribution in [-0.2, 0) is 0 Å². The van der Waals surface area contributed by atoms with Crippen molar-refractivity contribution in [2.24, 2.45) is 5.41 Å². The number of aliphatic hydroxyl groups excluding tert-OH is 1. The second-order valence-corrected chi connectivity index (χ2v) is 6.02. The molecule has 1 heterocycles. The van der Waals surface area contributed by atoms with Gasteiger partial charge in [-0.05, 0) is 38.8 Å². The summed E-state index contributed by atoms with van der Waals surface area (Å²) in [5.74, 6) is 0. The van der Waals surface area contributed by atoms with Gasteiger partial charge in [0.15, 0.2) is 0 Å². The summed E-state index contributed by atoms with van der Waals surface area (Å²) in [7, 11) is 0. The lowest BCUT2D eigenvalue weighted by molar-refractivity contribution is -0.138. The van der Waals surface area contributed by atoms with Crippen molar-refractivity contribution in [3.8, 4) is 0 Å². The maximum absolute atomic E-state index is 12.1. The van der Waals surface area contributed by atoms with Crippen LogP contribution in [0.4, 0.5) is 13.2 Å². The van der Waals surface area contributed by atoms with Gasteiger partial charge in [-0.25, -0.2) is 0 Å². The first-order valence-electron chi connectivity index (χ1n) is 7.06. The zero-order valence-corrected chi connectivity index (χ0v) is 11.2. The maximum atomic E-state index is 12.1. The zero-order valence-electron chi connectivity index (χ0n) is 11.2. The third-order valence-electron chi connectivity index (χ3n) is 4.36. The van der Waals surface area contributed by atoms with Gasteiger partial charge in [0.1, 0.15) is 0 Å². The number of nitrogens with zero attached hydrogens (tertiary/aromatic N) is 1. The number of piperidine rings is 1. The SMILES string of the molecule is OCC1(CNC2CCN(CCC(F)(F)F)CC2)CC1. The summed E-state index contributed by atoms with van der Waals surface area (Å²) < 4.78 is 36.4. The first-order chi connectivity index (χ1) is 8.92. The molecule has 1 saturated carbocycles. The van der Waals surface area contributed by atoms with E-state index in [1.54, 1.807) is 0 Å². The van der Waals surface area contributed by atoms with E-state index in [2.05, 4.69) is 5.32 Å². The van der Waals surface area contributed by atoms with Gasteiger partial charge in [0.25, 0.3) is 0 Å². The van der Waals surface area contributed by atoms with E-state index >= 15 is 0 Å². The van der Waals surface area contributed by atoms with E-state index in [9.17, 15) is 18.3 Å². The quantitative estimate of drug-likeness (QED) is 0.778. The van der Waals surface area contributed by atoms with Crippen LogP contribution < -0.4 is 5.32 Å². The van der Waals surface area contributed by atoms with Crippen LogP contribution in [0.2, 0.25) is 0 Å². The Morgan fingerprint density at radius 2 is 1.84 bits per heavy atom. The van der Waals surface area contributed by atoms with Crippen LogP contribution in [-0.4, -0.2) is 55.0 Å². The van der Waals surface area contributed by atoms with Crippen molar-refractivity contribution < 1.29 is 18.3 Å². The summed E-state index contributed by atoms with van der Waals surface area (Å²) in [6.45, 7) is 2.68. The topological polar surface area (TPSA) is 35.5 Å². The molecule has 0 amide bonds. The number of aliphatic hydroxyl groups is 1. The predicted molar refractivity (Wildman–Crippen MR) is 66.9 cm³/mol. The van der Waals surface area contributed by atoms with E-state index in [-0.39, 0.29) is 18.6 Å². The minimum atomic E-state index is -4.05. The largest absolute Gasteiger partial charge is 0.396 e. The molecular weight excluding hydrogens is 257 g/mol. The van der Waals surface area contributed by atoms with Crippen molar-refractivity contribution in [2.45, 2.75) is 44.3 Å². The van der Waals surface area contributed by atoms with Gasteiger partial charge in [-0.15, -0.1) is 0 Å². The van der Waals surface area contributed by atoms with E-state index in [4.69, 9.17) is 0 Å². The lowest BCUT2D eigenvalue weighted by Gasteiger charge is -2.33. The highest BCUT2D eigenvalue weighted by Gasteiger charge is 2.42. The molecule has 0 spiro atoms. The van der Waals surface area contributed by atoms with Gasteiger partial charge in [0.2, 0.25) is 0 Å². The molecule has 0 bridgehead atoms. The number of halogens is 3. The average Bonchev–Trinajstić information content (AvgIpc) is 3.15. The number of likely N-dealkylation sites (tertiary alicyclic amines) is 1. The molecule has 1 aliphatic heterocycles. The van der Waals surface area contributed by atoms with E-state index in [0.29, 0.717) is 6.04 Å². The van der Waals surface area contributed by atoms with Crippen molar-refractivity contribution in [2.75, 3.05) is 32.8 Å². The van der Waals surface area contributed by atoms with Crippen LogP contribution in [0, 0.1) is 5.41 Å². The Hall–Kier alpha value is -0.330. The zero-order chi connectivity index (χ0) is 13.9. The molecule has 0 unspecified atom stereocenters. The third-order valence-corrected chi connectivity index (χ3v) is 4.36. The monoisotopic (exact) mass is 280 g/mol. The number of rotatable bonds is 6. The van der Waals surface area contributed by atoms with Crippen molar-refractivity contribution in [3.63, 3.8) is 0 Å². The second-order valence-electron chi connectivity index (χ2n) is 6.02. The molecule has 3 nitrogen and oxygen atoms in total. The van der Waals surface area contributed by atoms with Crippen molar-refractivity contribution in [1.29, 1.82) is 0 Å². The van der Waals surface area contributed by atoms with Gasteiger partial charge in [0.05, 0.1) is 6.42 Å². The van der Waals surface area contributed by atoms with E-state index in [0.717, 1.165) is 45.3 Å². The van der Waals surface area contributed by atoms with Gasteiger partial charge in [-0.2, -0.15) is 13.2 Å². The van der Waals surface area contributed by atoms with Gasteiger partial charge in [0, 0.05) is 31.2 Å². The number of hydrogen-bond donors (Lipinski definition) is 2. The fourth-order valence-corrected chi connectivity index (χ4v) is 2.57. The van der Waals surface area contributed by atoms with Crippen LogP contribution in [0.5, 0.6) is 0 Å². The molecule has 2 N–H and O–H groups in total. The minimum Gasteiger partial charge on any atom is -0.396 e. The summed E-state index contributed by atoms with van der Waals surface area (Å²) in [6.07, 6.45) is -0.784. The first-order valence-corrected chi connectivity index (χ1v) is 7.06. The fraction of sp³-hybridized carbons (Fsp3) is 1.00. The first kappa shape index (κ1) is 15.1. The second kappa shape index (κ2) is 5.97.